The summed E-state index contributed by atoms with van der Waals surface area (Å²) in [4.78, 5) is 4.10. The van der Waals surface area contributed by atoms with E-state index < -0.39 is 11.7 Å². The van der Waals surface area contributed by atoms with Gasteiger partial charge < -0.3 is 0 Å². The summed E-state index contributed by atoms with van der Waals surface area (Å²) < 4.78 is 41.5. The Morgan fingerprint density at radius 1 is 0.967 bits per heavy atom. The molecule has 0 fully saturated rings. The van der Waals surface area contributed by atoms with Crippen LogP contribution in [0.1, 0.15) is 16.7 Å². The zero-order valence-corrected chi connectivity index (χ0v) is 16.8. The molecular weight excluding hydrogens is 409 g/mol. The van der Waals surface area contributed by atoms with Crippen molar-refractivity contribution in [1.82, 2.24) is 19.7 Å². The van der Waals surface area contributed by atoms with Crippen molar-refractivity contribution in [2.45, 2.75) is 24.0 Å². The number of nitrogens with zero attached hydrogens (tertiary/aromatic N) is 4. The van der Waals surface area contributed by atoms with Crippen molar-refractivity contribution in [3.63, 3.8) is 0 Å². The third-order valence-electron chi connectivity index (χ3n) is 4.60. The fraction of sp³-hybridized carbons (Fsp3) is 0.136. The van der Waals surface area contributed by atoms with Gasteiger partial charge in [-0.25, -0.2) is 0 Å². The van der Waals surface area contributed by atoms with Crippen LogP contribution in [0.5, 0.6) is 0 Å². The molecule has 4 rings (SSSR count). The minimum Gasteiger partial charge on any atom is -0.270 e. The highest BCUT2D eigenvalue weighted by molar-refractivity contribution is 7.98. The predicted molar refractivity (Wildman–Crippen MR) is 110 cm³/mol. The van der Waals surface area contributed by atoms with Gasteiger partial charge in [-0.2, -0.15) is 13.2 Å². The van der Waals surface area contributed by atoms with E-state index in [2.05, 4.69) is 15.2 Å². The maximum Gasteiger partial charge on any atom is 0.416 e. The van der Waals surface area contributed by atoms with E-state index in [9.17, 15) is 13.2 Å². The number of rotatable bonds is 5. The molecule has 0 unspecified atom stereocenters. The van der Waals surface area contributed by atoms with Gasteiger partial charge in [0.25, 0.3) is 0 Å². The van der Waals surface area contributed by atoms with Crippen LogP contribution in [-0.4, -0.2) is 19.7 Å². The van der Waals surface area contributed by atoms with Gasteiger partial charge in [-0.15, -0.1) is 10.2 Å². The summed E-state index contributed by atoms with van der Waals surface area (Å²) in [6, 6.07) is 16.7. The Morgan fingerprint density at radius 3 is 2.53 bits per heavy atom. The van der Waals surface area contributed by atoms with Crippen molar-refractivity contribution in [3.8, 4) is 17.1 Å². The van der Waals surface area contributed by atoms with Gasteiger partial charge in [-0.05, 0) is 48.4 Å². The molecule has 0 N–H and O–H groups in total. The van der Waals surface area contributed by atoms with Crippen molar-refractivity contribution in [2.75, 3.05) is 0 Å². The van der Waals surface area contributed by atoms with Crippen LogP contribution in [0.15, 0.2) is 78.2 Å². The van der Waals surface area contributed by atoms with Gasteiger partial charge in [0.05, 0.1) is 11.3 Å². The molecule has 30 heavy (non-hydrogen) atoms. The van der Waals surface area contributed by atoms with Gasteiger partial charge in [0, 0.05) is 23.7 Å². The summed E-state index contributed by atoms with van der Waals surface area (Å²) in [6.07, 6.45) is -1.20. The van der Waals surface area contributed by atoms with Gasteiger partial charge in [0.15, 0.2) is 11.0 Å². The second kappa shape index (κ2) is 8.31. The lowest BCUT2D eigenvalue weighted by molar-refractivity contribution is -0.137. The Balaban J connectivity index is 1.78. The normalized spacial score (nSPS) is 11.6. The third kappa shape index (κ3) is 4.23. The summed E-state index contributed by atoms with van der Waals surface area (Å²) >= 11 is 1.43. The average Bonchev–Trinajstić information content (AvgIpc) is 3.17. The standard InChI is InChI=1S/C22H17F3N4S/c1-15-6-2-3-7-17(15)14-30-21-28-27-20(16-8-5-11-26-13-16)29(21)19-10-4-9-18(12-19)22(23,24)25/h2-13H,14H2,1H3. The summed E-state index contributed by atoms with van der Waals surface area (Å²) in [5.41, 5.74) is 2.57. The molecule has 0 saturated carbocycles. The molecule has 0 aliphatic heterocycles. The molecule has 0 amide bonds. The highest BCUT2D eigenvalue weighted by Crippen LogP contribution is 2.34. The lowest BCUT2D eigenvalue weighted by Gasteiger charge is -2.13. The van der Waals surface area contributed by atoms with Gasteiger partial charge in [0.2, 0.25) is 0 Å². The zero-order valence-electron chi connectivity index (χ0n) is 16.0. The van der Waals surface area contributed by atoms with E-state index in [1.807, 2.05) is 31.2 Å². The first-order valence-corrected chi connectivity index (χ1v) is 10.1. The van der Waals surface area contributed by atoms with Crippen molar-refractivity contribution >= 4 is 11.8 Å². The molecule has 0 aliphatic rings. The summed E-state index contributed by atoms with van der Waals surface area (Å²) in [5.74, 6) is 1.06. The Bertz CT molecular complexity index is 1160. The molecule has 152 valence electrons. The summed E-state index contributed by atoms with van der Waals surface area (Å²) in [7, 11) is 0. The predicted octanol–water partition coefficient (Wildman–Crippen LogP) is 5.95. The molecule has 2 aromatic heterocycles. The van der Waals surface area contributed by atoms with E-state index in [-0.39, 0.29) is 0 Å². The van der Waals surface area contributed by atoms with Crippen LogP contribution < -0.4 is 0 Å². The molecule has 0 aliphatic carbocycles. The molecule has 0 radical (unpaired) electrons. The molecule has 0 atom stereocenters. The summed E-state index contributed by atoms with van der Waals surface area (Å²) in [5, 5.41) is 9.04. The first-order chi connectivity index (χ1) is 14.4. The monoisotopic (exact) mass is 426 g/mol. The molecule has 2 aromatic carbocycles. The minimum atomic E-state index is -4.44. The Labute approximate surface area is 175 Å². The molecule has 4 nitrogen and oxygen atoms in total. The van der Waals surface area contributed by atoms with Crippen LogP contribution in [0.4, 0.5) is 13.2 Å². The van der Waals surface area contributed by atoms with Crippen molar-refractivity contribution in [2.24, 2.45) is 0 Å². The number of alkyl halides is 3. The van der Waals surface area contributed by atoms with Crippen molar-refractivity contribution in [3.05, 3.63) is 89.7 Å². The molecular formula is C22H17F3N4S. The number of thioether (sulfide) groups is 1. The number of hydrogen-bond acceptors (Lipinski definition) is 4. The zero-order chi connectivity index (χ0) is 21.1. The summed E-state index contributed by atoms with van der Waals surface area (Å²) in [6.45, 7) is 2.02. The lowest BCUT2D eigenvalue weighted by atomic mass is 10.1. The fourth-order valence-corrected chi connectivity index (χ4v) is 4.04. The quantitative estimate of drug-likeness (QED) is 0.370. The van der Waals surface area contributed by atoms with E-state index in [1.54, 1.807) is 35.2 Å². The molecule has 8 heteroatoms. The van der Waals surface area contributed by atoms with E-state index in [4.69, 9.17) is 0 Å². The Hall–Kier alpha value is -3.13. The highest BCUT2D eigenvalue weighted by Gasteiger charge is 2.31. The van der Waals surface area contributed by atoms with Crippen LogP contribution in [-0.2, 0) is 11.9 Å². The van der Waals surface area contributed by atoms with Crippen LogP contribution in [0.2, 0.25) is 0 Å². The van der Waals surface area contributed by atoms with Crippen LogP contribution in [0, 0.1) is 6.92 Å². The van der Waals surface area contributed by atoms with Gasteiger partial charge in [-0.3, -0.25) is 9.55 Å². The van der Waals surface area contributed by atoms with E-state index >= 15 is 0 Å². The molecule has 4 aromatic rings. The molecule has 0 saturated heterocycles. The van der Waals surface area contributed by atoms with Gasteiger partial charge >= 0.3 is 6.18 Å². The number of hydrogen-bond donors (Lipinski definition) is 0. The molecule has 0 spiro atoms. The molecule has 0 bridgehead atoms. The van der Waals surface area contributed by atoms with Crippen LogP contribution >= 0.6 is 11.8 Å². The number of pyridine rings is 1. The number of benzene rings is 2. The smallest absolute Gasteiger partial charge is 0.270 e. The highest BCUT2D eigenvalue weighted by atomic mass is 32.2. The Kier molecular flexibility index (Phi) is 5.59. The SMILES string of the molecule is Cc1ccccc1CSc1nnc(-c2cccnc2)n1-c1cccc(C(F)(F)F)c1. The molecule has 2 heterocycles. The topological polar surface area (TPSA) is 43.6 Å². The maximum absolute atomic E-state index is 13.3. The second-order valence-electron chi connectivity index (χ2n) is 6.65. The third-order valence-corrected chi connectivity index (χ3v) is 5.58. The lowest BCUT2D eigenvalue weighted by Crippen LogP contribution is -2.07. The van der Waals surface area contributed by atoms with Gasteiger partial charge in [0.1, 0.15) is 0 Å². The average molecular weight is 426 g/mol. The van der Waals surface area contributed by atoms with E-state index in [0.717, 1.165) is 23.3 Å². The van der Waals surface area contributed by atoms with Crippen molar-refractivity contribution < 1.29 is 13.2 Å². The van der Waals surface area contributed by atoms with Crippen LogP contribution in [0.3, 0.4) is 0 Å². The maximum atomic E-state index is 13.3. The first kappa shape index (κ1) is 20.2. The van der Waals surface area contributed by atoms with Gasteiger partial charge in [-0.1, -0.05) is 42.1 Å². The van der Waals surface area contributed by atoms with E-state index in [0.29, 0.717) is 28.0 Å². The van der Waals surface area contributed by atoms with Crippen molar-refractivity contribution in [1.29, 1.82) is 0 Å². The fourth-order valence-electron chi connectivity index (χ4n) is 3.01. The largest absolute Gasteiger partial charge is 0.416 e. The second-order valence-corrected chi connectivity index (χ2v) is 7.59. The minimum absolute atomic E-state index is 0.348. The number of aryl methyl sites for hydroxylation is 1. The number of halogens is 3. The van der Waals surface area contributed by atoms with E-state index in [1.165, 1.54) is 17.8 Å². The Morgan fingerprint density at radius 2 is 1.80 bits per heavy atom. The number of aromatic nitrogens is 4. The first-order valence-electron chi connectivity index (χ1n) is 9.14. The van der Waals surface area contributed by atoms with Crippen LogP contribution in [0.25, 0.3) is 17.1 Å².